The monoisotopic (exact) mass is 515 g/mol. The first-order valence-electron chi connectivity index (χ1n) is 13.1. The average Bonchev–Trinajstić information content (AvgIpc) is 3.25. The van der Waals surface area contributed by atoms with E-state index in [0.717, 1.165) is 54.0 Å². The lowest BCUT2D eigenvalue weighted by molar-refractivity contribution is -0.120. The summed E-state index contributed by atoms with van der Waals surface area (Å²) in [7, 11) is 3.19. The molecular weight excluding hydrogens is 478 g/mol. The van der Waals surface area contributed by atoms with Gasteiger partial charge in [-0.2, -0.15) is 0 Å². The number of nitrogens with one attached hydrogen (secondary N) is 1. The molecule has 0 unspecified atom stereocenters. The van der Waals surface area contributed by atoms with Gasteiger partial charge in [-0.1, -0.05) is 24.3 Å². The number of methoxy groups -OCH3 is 2. The van der Waals surface area contributed by atoms with Crippen molar-refractivity contribution in [2.45, 2.75) is 46.1 Å². The Hall–Kier alpha value is -4.00. The molecule has 0 aliphatic rings. The number of aryl methyl sites for hydroxylation is 4. The van der Waals surface area contributed by atoms with Crippen LogP contribution in [0.1, 0.15) is 35.4 Å². The van der Waals surface area contributed by atoms with Gasteiger partial charge in [0.05, 0.1) is 38.3 Å². The van der Waals surface area contributed by atoms with E-state index in [1.165, 1.54) is 11.1 Å². The summed E-state index contributed by atoms with van der Waals surface area (Å²) in [6, 6.07) is 20.1. The third-order valence-electron chi connectivity index (χ3n) is 6.44. The maximum atomic E-state index is 12.5. The summed E-state index contributed by atoms with van der Waals surface area (Å²) in [5, 5.41) is 3.03. The Labute approximate surface area is 224 Å². The van der Waals surface area contributed by atoms with Crippen LogP contribution in [0.5, 0.6) is 17.2 Å². The van der Waals surface area contributed by atoms with Crippen LogP contribution in [0.4, 0.5) is 0 Å². The number of rotatable bonds is 13. The number of imidazole rings is 1. The van der Waals surface area contributed by atoms with Crippen molar-refractivity contribution in [3.05, 3.63) is 83.2 Å². The Morgan fingerprint density at radius 2 is 1.68 bits per heavy atom. The van der Waals surface area contributed by atoms with Crippen molar-refractivity contribution in [1.82, 2.24) is 14.9 Å². The molecule has 1 heterocycles. The van der Waals surface area contributed by atoms with Gasteiger partial charge in [0.25, 0.3) is 0 Å². The van der Waals surface area contributed by atoms with Crippen molar-refractivity contribution in [3.8, 4) is 17.2 Å². The summed E-state index contributed by atoms with van der Waals surface area (Å²) >= 11 is 0. The van der Waals surface area contributed by atoms with Gasteiger partial charge in [0, 0.05) is 19.5 Å². The summed E-state index contributed by atoms with van der Waals surface area (Å²) in [6.07, 6.45) is 2.76. The second-order valence-electron chi connectivity index (χ2n) is 9.51. The molecule has 4 rings (SSSR count). The molecule has 7 nitrogen and oxygen atoms in total. The fourth-order valence-electron chi connectivity index (χ4n) is 4.71. The highest BCUT2D eigenvalue weighted by atomic mass is 16.5. The molecule has 0 atom stereocenters. The van der Waals surface area contributed by atoms with E-state index in [-0.39, 0.29) is 5.91 Å². The molecule has 0 saturated heterocycles. The predicted octanol–water partition coefficient (Wildman–Crippen LogP) is 5.43. The lowest BCUT2D eigenvalue weighted by atomic mass is 10.1. The van der Waals surface area contributed by atoms with Crippen molar-refractivity contribution >= 4 is 16.9 Å². The molecule has 1 N–H and O–H groups in total. The van der Waals surface area contributed by atoms with Crippen LogP contribution >= 0.6 is 0 Å². The highest BCUT2D eigenvalue weighted by molar-refractivity contribution is 5.79. The third-order valence-corrected chi connectivity index (χ3v) is 6.44. The van der Waals surface area contributed by atoms with Crippen LogP contribution in [-0.2, 0) is 24.2 Å². The molecule has 4 aromatic rings. The number of aromatic nitrogens is 2. The van der Waals surface area contributed by atoms with E-state index in [0.29, 0.717) is 31.1 Å². The summed E-state index contributed by atoms with van der Waals surface area (Å²) in [5.74, 6) is 3.20. The van der Waals surface area contributed by atoms with E-state index >= 15 is 0 Å². The molecule has 0 radical (unpaired) electrons. The lowest BCUT2D eigenvalue weighted by Gasteiger charge is -2.12. The number of carbonyl (C=O) groups is 1. The molecule has 0 fully saturated rings. The van der Waals surface area contributed by atoms with Crippen LogP contribution in [0, 0.1) is 13.8 Å². The topological polar surface area (TPSA) is 74.6 Å². The van der Waals surface area contributed by atoms with Gasteiger partial charge in [-0.3, -0.25) is 4.79 Å². The second-order valence-corrected chi connectivity index (χ2v) is 9.51. The van der Waals surface area contributed by atoms with Crippen molar-refractivity contribution < 1.29 is 19.0 Å². The molecule has 7 heteroatoms. The smallest absolute Gasteiger partial charge is 0.224 e. The molecule has 1 amide bonds. The zero-order chi connectivity index (χ0) is 26.9. The fourth-order valence-corrected chi connectivity index (χ4v) is 4.71. The number of fused-ring (bicyclic) bond motifs is 1. The second kappa shape index (κ2) is 13.0. The highest BCUT2D eigenvalue weighted by Crippen LogP contribution is 2.27. The predicted molar refractivity (Wildman–Crippen MR) is 150 cm³/mol. The van der Waals surface area contributed by atoms with Crippen LogP contribution in [0.2, 0.25) is 0 Å². The first-order valence-corrected chi connectivity index (χ1v) is 13.1. The fraction of sp³-hybridized carbons (Fsp3) is 0.355. The van der Waals surface area contributed by atoms with Gasteiger partial charge >= 0.3 is 0 Å². The molecule has 38 heavy (non-hydrogen) atoms. The molecule has 0 spiro atoms. The normalized spacial score (nSPS) is 10.9. The van der Waals surface area contributed by atoms with Crippen molar-refractivity contribution in [1.29, 1.82) is 0 Å². The number of hydrogen-bond donors (Lipinski definition) is 1. The van der Waals surface area contributed by atoms with Gasteiger partial charge in [0.2, 0.25) is 5.91 Å². The third kappa shape index (κ3) is 7.06. The standard InChI is InChI=1S/C31H37N3O4/c1-22-17-23(2)19-25(18-22)38-16-8-15-34-27-10-6-5-9-26(27)33-30(34)11-7-14-32-31(35)21-24-12-13-28(36-3)29(20-24)37-4/h5-6,9-10,12-13,17-20H,7-8,11,14-16,21H2,1-4H3,(H,32,35). The molecular formula is C31H37N3O4. The molecule has 1 aromatic heterocycles. The number of carbonyl (C=O) groups excluding carboxylic acids is 1. The van der Waals surface area contributed by atoms with E-state index in [4.69, 9.17) is 19.2 Å². The molecule has 0 aliphatic heterocycles. The Morgan fingerprint density at radius 1 is 0.921 bits per heavy atom. The largest absolute Gasteiger partial charge is 0.494 e. The maximum Gasteiger partial charge on any atom is 0.224 e. The molecule has 3 aromatic carbocycles. The van der Waals surface area contributed by atoms with Gasteiger partial charge in [-0.25, -0.2) is 4.98 Å². The SMILES string of the molecule is COc1ccc(CC(=O)NCCCc2nc3ccccc3n2CCCOc2cc(C)cc(C)c2)cc1OC. The Balaban J connectivity index is 1.29. The van der Waals surface area contributed by atoms with Crippen LogP contribution < -0.4 is 19.5 Å². The Kier molecular flexibility index (Phi) is 9.25. The van der Waals surface area contributed by atoms with Crippen molar-refractivity contribution in [3.63, 3.8) is 0 Å². The number of amides is 1. The number of hydrogen-bond acceptors (Lipinski definition) is 5. The van der Waals surface area contributed by atoms with Gasteiger partial charge in [-0.05, 0) is 79.8 Å². The highest BCUT2D eigenvalue weighted by Gasteiger charge is 2.12. The van der Waals surface area contributed by atoms with Gasteiger partial charge < -0.3 is 24.1 Å². The lowest BCUT2D eigenvalue weighted by Crippen LogP contribution is -2.26. The molecule has 0 aliphatic carbocycles. The van der Waals surface area contributed by atoms with Crippen LogP contribution in [-0.4, -0.2) is 42.8 Å². The summed E-state index contributed by atoms with van der Waals surface area (Å²) in [5.41, 5.74) is 5.42. The number of ether oxygens (including phenoxy) is 3. The van der Waals surface area contributed by atoms with E-state index in [2.05, 4.69) is 48.0 Å². The van der Waals surface area contributed by atoms with Gasteiger partial charge in [-0.15, -0.1) is 0 Å². The number of nitrogens with zero attached hydrogens (tertiary/aromatic N) is 2. The minimum Gasteiger partial charge on any atom is -0.494 e. The zero-order valence-electron chi connectivity index (χ0n) is 22.8. The maximum absolute atomic E-state index is 12.5. The first-order chi connectivity index (χ1) is 18.5. The average molecular weight is 516 g/mol. The number of benzene rings is 3. The summed E-state index contributed by atoms with van der Waals surface area (Å²) < 4.78 is 18.9. The Bertz CT molecular complexity index is 1360. The van der Waals surface area contributed by atoms with Crippen molar-refractivity contribution in [2.24, 2.45) is 0 Å². The van der Waals surface area contributed by atoms with E-state index < -0.39 is 0 Å². The van der Waals surface area contributed by atoms with Crippen LogP contribution in [0.15, 0.2) is 60.7 Å². The number of para-hydroxylation sites is 2. The quantitative estimate of drug-likeness (QED) is 0.240. The summed E-state index contributed by atoms with van der Waals surface area (Å²) in [6.45, 7) is 6.23. The van der Waals surface area contributed by atoms with Gasteiger partial charge in [0.15, 0.2) is 11.5 Å². The Morgan fingerprint density at radius 3 is 2.45 bits per heavy atom. The zero-order valence-corrected chi connectivity index (χ0v) is 22.8. The first kappa shape index (κ1) is 27.0. The molecule has 0 bridgehead atoms. The minimum atomic E-state index is -0.0192. The van der Waals surface area contributed by atoms with E-state index in [1.807, 2.05) is 36.4 Å². The minimum absolute atomic E-state index is 0.0192. The van der Waals surface area contributed by atoms with Crippen LogP contribution in [0.3, 0.4) is 0 Å². The van der Waals surface area contributed by atoms with Gasteiger partial charge in [0.1, 0.15) is 11.6 Å². The van der Waals surface area contributed by atoms with Crippen molar-refractivity contribution in [2.75, 3.05) is 27.4 Å². The van der Waals surface area contributed by atoms with Crippen LogP contribution in [0.25, 0.3) is 11.0 Å². The molecule has 200 valence electrons. The molecule has 0 saturated carbocycles. The summed E-state index contributed by atoms with van der Waals surface area (Å²) in [4.78, 5) is 17.4. The van der Waals surface area contributed by atoms with E-state index in [1.54, 1.807) is 14.2 Å². The van der Waals surface area contributed by atoms with E-state index in [9.17, 15) is 4.79 Å².